The van der Waals surface area contributed by atoms with Gasteiger partial charge in [0, 0.05) is 6.42 Å². The number of aliphatic carboxylic acids is 1. The third-order valence-electron chi connectivity index (χ3n) is 3.34. The zero-order chi connectivity index (χ0) is 14.9. The fraction of sp³-hybridized carbons (Fsp3) is 0.722. The van der Waals surface area contributed by atoms with Crippen molar-refractivity contribution in [2.75, 3.05) is 0 Å². The topological polar surface area (TPSA) is 37.3 Å². The van der Waals surface area contributed by atoms with E-state index in [0.29, 0.717) is 6.42 Å². The maximum atomic E-state index is 10.3. The Morgan fingerprint density at radius 3 is 1.95 bits per heavy atom. The molecular weight excluding hydrogens is 249 g/mol. The molecule has 0 saturated carbocycles. The molecule has 0 radical (unpaired) electrons. The van der Waals surface area contributed by atoms with Gasteiger partial charge in [-0.2, -0.15) is 0 Å². The molecule has 0 aromatic rings. The van der Waals surface area contributed by atoms with Gasteiger partial charge in [0.2, 0.25) is 0 Å². The van der Waals surface area contributed by atoms with Crippen LogP contribution in [0.25, 0.3) is 0 Å². The van der Waals surface area contributed by atoms with Gasteiger partial charge in [-0.3, -0.25) is 4.79 Å². The number of rotatable bonds is 14. The number of hydrogen-bond acceptors (Lipinski definition) is 1. The summed E-state index contributed by atoms with van der Waals surface area (Å²) < 4.78 is 0. The van der Waals surface area contributed by atoms with E-state index >= 15 is 0 Å². The monoisotopic (exact) mass is 281 g/mol. The van der Waals surface area contributed by atoms with E-state index in [1.54, 1.807) is 0 Å². The summed E-state index contributed by atoms with van der Waals surface area (Å²) in [6, 6.07) is 0. The molecule has 20 heavy (non-hydrogen) atoms. The second-order valence-electron chi connectivity index (χ2n) is 5.37. The van der Waals surface area contributed by atoms with Crippen LogP contribution in [0.3, 0.4) is 0 Å². The largest absolute Gasteiger partial charge is 0.481 e. The summed E-state index contributed by atoms with van der Waals surface area (Å²) in [7, 11) is 0. The predicted molar refractivity (Wildman–Crippen MR) is 87.0 cm³/mol. The van der Waals surface area contributed by atoms with Gasteiger partial charge in [0.05, 0.1) is 0 Å². The quantitative estimate of drug-likeness (QED) is 0.245. The van der Waals surface area contributed by atoms with E-state index in [2.05, 4.69) is 31.2 Å². The van der Waals surface area contributed by atoms with Gasteiger partial charge in [-0.25, -0.2) is 0 Å². The first kappa shape index (κ1) is 18.9. The molecule has 2 nitrogen and oxygen atoms in total. The highest BCUT2D eigenvalue weighted by molar-refractivity contribution is 5.66. The van der Waals surface area contributed by atoms with Crippen molar-refractivity contribution in [3.63, 3.8) is 0 Å². The molecule has 0 fully saturated rings. The minimum Gasteiger partial charge on any atom is -0.481 e. The smallest absolute Gasteiger partial charge is 0.303 e. The molecule has 0 saturated heterocycles. The van der Waals surface area contributed by atoms with Crippen molar-refractivity contribution in [2.45, 2.75) is 84.0 Å². The summed E-state index contributed by atoms with van der Waals surface area (Å²) in [4.78, 5) is 10.3. The van der Waals surface area contributed by atoms with Crippen molar-refractivity contribution >= 4 is 5.97 Å². The second-order valence-corrected chi connectivity index (χ2v) is 5.37. The van der Waals surface area contributed by atoms with Gasteiger partial charge in [-0.05, 0) is 38.5 Å². The maximum absolute atomic E-state index is 10.3. The number of hydrogen-bond donors (Lipinski definition) is 1. The first-order valence-electron chi connectivity index (χ1n) is 8.29. The average molecular weight is 281 g/mol. The Balaban J connectivity index is 3.17. The van der Waals surface area contributed by atoms with Crippen LogP contribution in [0.4, 0.5) is 0 Å². The SMILES string of the molecule is [13CH3]CCCC/C=C\C/C=C/CCCCCCCC(=O)O. The molecule has 0 unspecified atom stereocenters. The van der Waals surface area contributed by atoms with Gasteiger partial charge in [0.25, 0.3) is 0 Å². The Hall–Kier alpha value is -1.05. The van der Waals surface area contributed by atoms with Crippen LogP contribution < -0.4 is 0 Å². The number of carboxylic acids is 1. The molecule has 0 aliphatic rings. The van der Waals surface area contributed by atoms with Crippen molar-refractivity contribution in [1.29, 1.82) is 0 Å². The minimum atomic E-state index is -0.671. The van der Waals surface area contributed by atoms with Crippen LogP contribution in [0.1, 0.15) is 84.0 Å². The van der Waals surface area contributed by atoms with Crippen LogP contribution >= 0.6 is 0 Å². The van der Waals surface area contributed by atoms with Crippen molar-refractivity contribution in [3.8, 4) is 0 Å². The molecule has 0 aliphatic carbocycles. The molecule has 116 valence electrons. The molecule has 0 aromatic carbocycles. The van der Waals surface area contributed by atoms with Crippen LogP contribution in [0.5, 0.6) is 0 Å². The molecule has 0 amide bonds. The fourth-order valence-electron chi connectivity index (χ4n) is 2.09. The van der Waals surface area contributed by atoms with E-state index in [4.69, 9.17) is 5.11 Å². The summed E-state index contributed by atoms with van der Waals surface area (Å²) >= 11 is 0. The Morgan fingerprint density at radius 2 is 1.35 bits per heavy atom. The molecule has 0 aromatic heterocycles. The first-order valence-corrected chi connectivity index (χ1v) is 8.29. The third kappa shape index (κ3) is 16.9. The van der Waals surface area contributed by atoms with Crippen LogP contribution in [0.2, 0.25) is 0 Å². The second kappa shape index (κ2) is 16.0. The van der Waals surface area contributed by atoms with E-state index < -0.39 is 5.97 Å². The standard InChI is InChI=1S/C18H32O2/c1-2-3-4-5-6-7-8-9-10-11-12-13-14-15-16-17-18(19)20/h6-7,9-10H,2-5,8,11-17H2,1H3,(H,19,20)/b7-6-,10-9+/i1+1. The normalized spacial score (nSPS) is 11.7. The van der Waals surface area contributed by atoms with E-state index in [9.17, 15) is 4.79 Å². The highest BCUT2D eigenvalue weighted by atomic mass is 16.4. The van der Waals surface area contributed by atoms with Crippen molar-refractivity contribution in [2.24, 2.45) is 0 Å². The highest BCUT2D eigenvalue weighted by Gasteiger charge is 1.95. The van der Waals surface area contributed by atoms with Crippen molar-refractivity contribution in [1.82, 2.24) is 0 Å². The summed E-state index contributed by atoms with van der Waals surface area (Å²) in [6.07, 6.45) is 22.3. The summed E-state index contributed by atoms with van der Waals surface area (Å²) in [5, 5.41) is 8.50. The van der Waals surface area contributed by atoms with Crippen molar-refractivity contribution < 1.29 is 9.90 Å². The molecule has 0 heterocycles. The Morgan fingerprint density at radius 1 is 0.800 bits per heavy atom. The molecular formula is C18H32O2. The van der Waals surface area contributed by atoms with E-state index in [0.717, 1.165) is 25.7 Å². The fourth-order valence-corrected chi connectivity index (χ4v) is 2.09. The Bertz CT molecular complexity index is 267. The maximum Gasteiger partial charge on any atom is 0.303 e. The highest BCUT2D eigenvalue weighted by Crippen LogP contribution is 2.08. The zero-order valence-electron chi connectivity index (χ0n) is 13.2. The summed E-state index contributed by atoms with van der Waals surface area (Å²) in [6.45, 7) is 2.23. The first-order chi connectivity index (χ1) is 9.77. The lowest BCUT2D eigenvalue weighted by atomic mass is 10.1. The zero-order valence-corrected chi connectivity index (χ0v) is 13.2. The van der Waals surface area contributed by atoms with Crippen LogP contribution in [-0.4, -0.2) is 11.1 Å². The molecule has 0 bridgehead atoms. The molecule has 2 heteroatoms. The van der Waals surface area contributed by atoms with Crippen LogP contribution in [0.15, 0.2) is 24.3 Å². The molecule has 0 aliphatic heterocycles. The Kier molecular flexibility index (Phi) is 15.2. The third-order valence-corrected chi connectivity index (χ3v) is 3.34. The van der Waals surface area contributed by atoms with E-state index in [-0.39, 0.29) is 0 Å². The molecule has 0 atom stereocenters. The van der Waals surface area contributed by atoms with Gasteiger partial charge in [-0.15, -0.1) is 0 Å². The van der Waals surface area contributed by atoms with Crippen LogP contribution in [0, 0.1) is 0 Å². The van der Waals surface area contributed by atoms with Crippen LogP contribution in [-0.2, 0) is 4.79 Å². The lowest BCUT2D eigenvalue weighted by Gasteiger charge is -1.98. The lowest BCUT2D eigenvalue weighted by Crippen LogP contribution is -1.93. The van der Waals surface area contributed by atoms with Crippen molar-refractivity contribution in [3.05, 3.63) is 24.3 Å². The summed E-state index contributed by atoms with van der Waals surface area (Å²) in [5.41, 5.74) is 0. The molecule has 0 spiro atoms. The predicted octanol–water partition coefficient (Wildman–Crippen LogP) is 5.88. The van der Waals surface area contributed by atoms with Gasteiger partial charge in [0.1, 0.15) is 0 Å². The number of allylic oxidation sites excluding steroid dienone is 4. The number of carboxylic acid groups (broad SMARTS) is 1. The average Bonchev–Trinajstić information content (AvgIpc) is 2.43. The van der Waals surface area contributed by atoms with E-state index in [1.807, 2.05) is 0 Å². The number of carbonyl (C=O) groups is 1. The van der Waals surface area contributed by atoms with Gasteiger partial charge >= 0.3 is 5.97 Å². The minimum absolute atomic E-state index is 0.324. The Labute approximate surface area is 125 Å². The molecule has 0 rings (SSSR count). The summed E-state index contributed by atoms with van der Waals surface area (Å²) in [5.74, 6) is -0.671. The lowest BCUT2D eigenvalue weighted by molar-refractivity contribution is -0.137. The van der Waals surface area contributed by atoms with Gasteiger partial charge in [0.15, 0.2) is 0 Å². The van der Waals surface area contributed by atoms with Gasteiger partial charge in [-0.1, -0.05) is 63.3 Å². The molecule has 1 N–H and O–H groups in total. The van der Waals surface area contributed by atoms with Gasteiger partial charge < -0.3 is 5.11 Å². The number of unbranched alkanes of at least 4 members (excludes halogenated alkanes) is 8. The van der Waals surface area contributed by atoms with E-state index in [1.165, 1.54) is 44.9 Å².